The Hall–Kier alpha value is -1.14. The third kappa shape index (κ3) is 2.22. The van der Waals surface area contributed by atoms with E-state index in [0.29, 0.717) is 0 Å². The Morgan fingerprint density at radius 1 is 1.44 bits per heavy atom. The number of piperidine rings is 1. The lowest BCUT2D eigenvalue weighted by Crippen LogP contribution is -2.31. The number of nitrogens with zero attached hydrogens (tertiary/aromatic N) is 3. The predicted octanol–water partition coefficient (Wildman–Crippen LogP) is 1.75. The minimum absolute atomic E-state index is 0.775. The van der Waals surface area contributed by atoms with Crippen molar-refractivity contribution in [3.05, 3.63) is 5.69 Å². The zero-order chi connectivity index (χ0) is 12.5. The molecule has 2 aromatic rings. The molecular formula is C12H19N5S. The Morgan fingerprint density at radius 3 is 2.94 bits per heavy atom. The molecule has 0 saturated carbocycles. The van der Waals surface area contributed by atoms with Crippen LogP contribution >= 0.6 is 11.3 Å². The van der Waals surface area contributed by atoms with Gasteiger partial charge in [-0.15, -0.1) is 0 Å². The van der Waals surface area contributed by atoms with Gasteiger partial charge < -0.3 is 10.6 Å². The predicted molar refractivity (Wildman–Crippen MR) is 75.2 cm³/mol. The summed E-state index contributed by atoms with van der Waals surface area (Å²) in [5, 5.41) is 12.3. The van der Waals surface area contributed by atoms with Crippen LogP contribution < -0.4 is 10.6 Å². The van der Waals surface area contributed by atoms with Crippen molar-refractivity contribution in [3.8, 4) is 0 Å². The number of rotatable bonds is 3. The third-order valence-electron chi connectivity index (χ3n) is 3.55. The largest absolute Gasteiger partial charge is 0.361 e. The van der Waals surface area contributed by atoms with Crippen LogP contribution in [-0.4, -0.2) is 34.4 Å². The summed E-state index contributed by atoms with van der Waals surface area (Å²) in [6, 6.07) is 0. The maximum Gasteiger partial charge on any atom is 0.185 e. The van der Waals surface area contributed by atoms with Gasteiger partial charge in [0.05, 0.1) is 10.4 Å². The van der Waals surface area contributed by atoms with Crippen molar-refractivity contribution >= 4 is 26.8 Å². The molecule has 98 valence electrons. The summed E-state index contributed by atoms with van der Waals surface area (Å²) >= 11 is 1.71. The first-order valence-corrected chi connectivity index (χ1v) is 7.30. The van der Waals surface area contributed by atoms with Gasteiger partial charge in [-0.3, -0.25) is 0 Å². The van der Waals surface area contributed by atoms with Crippen LogP contribution in [0.15, 0.2) is 0 Å². The number of aromatic nitrogens is 3. The van der Waals surface area contributed by atoms with E-state index in [-0.39, 0.29) is 0 Å². The Balaban J connectivity index is 1.69. The van der Waals surface area contributed by atoms with Crippen LogP contribution in [0.4, 0.5) is 5.13 Å². The highest BCUT2D eigenvalue weighted by Crippen LogP contribution is 2.28. The van der Waals surface area contributed by atoms with E-state index in [9.17, 15) is 0 Å². The van der Waals surface area contributed by atoms with Crippen molar-refractivity contribution < 1.29 is 0 Å². The minimum Gasteiger partial charge on any atom is -0.361 e. The van der Waals surface area contributed by atoms with Crippen molar-refractivity contribution in [1.29, 1.82) is 0 Å². The molecule has 0 radical (unpaired) electrons. The van der Waals surface area contributed by atoms with Gasteiger partial charge in [-0.1, -0.05) is 11.3 Å². The Kier molecular flexibility index (Phi) is 3.22. The molecule has 5 nitrogen and oxygen atoms in total. The van der Waals surface area contributed by atoms with E-state index in [1.807, 2.05) is 18.7 Å². The Labute approximate surface area is 111 Å². The fraction of sp³-hybridized carbons (Fsp3) is 0.667. The second-order valence-corrected chi connectivity index (χ2v) is 5.95. The second kappa shape index (κ2) is 4.85. The van der Waals surface area contributed by atoms with Gasteiger partial charge in [0, 0.05) is 13.6 Å². The first-order chi connectivity index (χ1) is 8.74. The lowest BCUT2D eigenvalue weighted by Gasteiger charge is -2.22. The molecule has 2 aromatic heterocycles. The zero-order valence-electron chi connectivity index (χ0n) is 10.9. The fourth-order valence-electron chi connectivity index (χ4n) is 2.48. The van der Waals surface area contributed by atoms with Gasteiger partial charge in [0.1, 0.15) is 0 Å². The van der Waals surface area contributed by atoms with E-state index < -0.39 is 0 Å². The number of anilines is 1. The highest BCUT2D eigenvalue weighted by molar-refractivity contribution is 7.22. The highest BCUT2D eigenvalue weighted by Gasteiger charge is 2.15. The van der Waals surface area contributed by atoms with Crippen LogP contribution in [0.5, 0.6) is 0 Å². The summed E-state index contributed by atoms with van der Waals surface area (Å²) in [7, 11) is 1.95. The molecule has 0 unspecified atom stereocenters. The monoisotopic (exact) mass is 265 g/mol. The van der Waals surface area contributed by atoms with Gasteiger partial charge in [-0.05, 0) is 38.8 Å². The SMILES string of the molecule is Cc1nn(C)c2nc(NCC3CCNCC3)sc12. The topological polar surface area (TPSA) is 54.8 Å². The molecular weight excluding hydrogens is 246 g/mol. The molecule has 1 aliphatic rings. The molecule has 3 heterocycles. The molecule has 1 aliphatic heterocycles. The van der Waals surface area contributed by atoms with Crippen molar-refractivity contribution in [1.82, 2.24) is 20.1 Å². The molecule has 2 N–H and O–H groups in total. The number of nitrogens with one attached hydrogen (secondary N) is 2. The molecule has 0 bridgehead atoms. The zero-order valence-corrected chi connectivity index (χ0v) is 11.7. The molecule has 0 aromatic carbocycles. The number of hydrogen-bond donors (Lipinski definition) is 2. The van der Waals surface area contributed by atoms with Gasteiger partial charge in [0.2, 0.25) is 0 Å². The summed E-state index contributed by atoms with van der Waals surface area (Å²) in [5.74, 6) is 0.775. The van der Waals surface area contributed by atoms with Crippen LogP contribution in [0.2, 0.25) is 0 Å². The molecule has 0 aliphatic carbocycles. The van der Waals surface area contributed by atoms with Crippen molar-refractivity contribution in [2.45, 2.75) is 19.8 Å². The fourth-order valence-corrected chi connectivity index (χ4v) is 3.42. The summed E-state index contributed by atoms with van der Waals surface area (Å²) in [5.41, 5.74) is 2.06. The third-order valence-corrected chi connectivity index (χ3v) is 4.66. The first-order valence-electron chi connectivity index (χ1n) is 6.49. The van der Waals surface area contributed by atoms with Crippen molar-refractivity contribution in [3.63, 3.8) is 0 Å². The summed E-state index contributed by atoms with van der Waals surface area (Å²) in [6.07, 6.45) is 2.52. The lowest BCUT2D eigenvalue weighted by molar-refractivity contribution is 0.390. The van der Waals surface area contributed by atoms with Crippen LogP contribution in [0.1, 0.15) is 18.5 Å². The van der Waals surface area contributed by atoms with Crippen LogP contribution in [0.25, 0.3) is 10.3 Å². The summed E-state index contributed by atoms with van der Waals surface area (Å²) in [6.45, 7) is 5.37. The van der Waals surface area contributed by atoms with E-state index in [2.05, 4.69) is 20.7 Å². The average molecular weight is 265 g/mol. The molecule has 18 heavy (non-hydrogen) atoms. The standard InChI is InChI=1S/C12H19N5S/c1-8-10-11(17(2)16-8)15-12(18-10)14-7-9-3-5-13-6-4-9/h9,13H,3-7H2,1-2H3,(H,14,15). The minimum atomic E-state index is 0.775. The molecule has 0 amide bonds. The molecule has 0 spiro atoms. The second-order valence-electron chi connectivity index (χ2n) is 4.96. The summed E-state index contributed by atoms with van der Waals surface area (Å²) in [4.78, 5) is 4.61. The van der Waals surface area contributed by atoms with Gasteiger partial charge in [0.25, 0.3) is 0 Å². The van der Waals surface area contributed by atoms with E-state index in [0.717, 1.165) is 42.0 Å². The van der Waals surface area contributed by atoms with Gasteiger partial charge in [-0.25, -0.2) is 9.67 Å². The van der Waals surface area contributed by atoms with Gasteiger partial charge in [0.15, 0.2) is 10.8 Å². The van der Waals surface area contributed by atoms with Crippen LogP contribution in [-0.2, 0) is 7.05 Å². The van der Waals surface area contributed by atoms with E-state index in [1.165, 1.54) is 17.5 Å². The lowest BCUT2D eigenvalue weighted by atomic mass is 9.98. The maximum absolute atomic E-state index is 4.61. The first kappa shape index (κ1) is 11.9. The molecule has 3 rings (SSSR count). The quantitative estimate of drug-likeness (QED) is 0.888. The van der Waals surface area contributed by atoms with Crippen molar-refractivity contribution in [2.24, 2.45) is 13.0 Å². The van der Waals surface area contributed by atoms with Gasteiger partial charge in [-0.2, -0.15) is 5.10 Å². The normalized spacial score (nSPS) is 17.4. The maximum atomic E-state index is 4.61. The number of hydrogen-bond acceptors (Lipinski definition) is 5. The highest BCUT2D eigenvalue weighted by atomic mass is 32.1. The molecule has 6 heteroatoms. The van der Waals surface area contributed by atoms with E-state index in [4.69, 9.17) is 0 Å². The van der Waals surface area contributed by atoms with Gasteiger partial charge >= 0.3 is 0 Å². The van der Waals surface area contributed by atoms with Crippen LogP contribution in [0, 0.1) is 12.8 Å². The molecule has 0 atom stereocenters. The van der Waals surface area contributed by atoms with E-state index in [1.54, 1.807) is 11.3 Å². The number of thiazole rings is 1. The smallest absolute Gasteiger partial charge is 0.185 e. The Bertz CT molecular complexity index is 503. The average Bonchev–Trinajstić information content (AvgIpc) is 2.91. The molecule has 1 saturated heterocycles. The number of fused-ring (bicyclic) bond motifs is 1. The number of aryl methyl sites for hydroxylation is 2. The summed E-state index contributed by atoms with van der Waals surface area (Å²) < 4.78 is 3.06. The van der Waals surface area contributed by atoms with Crippen LogP contribution in [0.3, 0.4) is 0 Å². The molecule has 1 fully saturated rings. The Morgan fingerprint density at radius 2 is 2.22 bits per heavy atom. The van der Waals surface area contributed by atoms with E-state index >= 15 is 0 Å². The van der Waals surface area contributed by atoms with Crippen molar-refractivity contribution in [2.75, 3.05) is 25.0 Å².